The Labute approximate surface area is 143 Å². The molecule has 1 unspecified atom stereocenters. The molecule has 0 bridgehead atoms. The average Bonchev–Trinajstić information content (AvgIpc) is 2.53. The number of sulfonamides is 1. The molecule has 24 heavy (non-hydrogen) atoms. The molecule has 0 saturated heterocycles. The number of benzene rings is 2. The second kappa shape index (κ2) is 7.49. The molecule has 0 saturated carbocycles. The summed E-state index contributed by atoms with van der Waals surface area (Å²) < 4.78 is 27.5. The molecule has 0 aliphatic rings. The number of nitrogens with one attached hydrogen (secondary N) is 2. The van der Waals surface area contributed by atoms with Gasteiger partial charge in [0.2, 0.25) is 5.91 Å². The lowest BCUT2D eigenvalue weighted by Gasteiger charge is -2.12. The summed E-state index contributed by atoms with van der Waals surface area (Å²) in [6, 6.07) is 13.5. The van der Waals surface area contributed by atoms with Gasteiger partial charge in [-0.15, -0.1) is 0 Å². The molecule has 0 fully saturated rings. The number of rotatable bonds is 6. The van der Waals surface area contributed by atoms with Crippen molar-refractivity contribution >= 4 is 27.3 Å². The molecule has 0 aliphatic heterocycles. The second-order valence-electron chi connectivity index (χ2n) is 5.75. The van der Waals surface area contributed by atoms with Gasteiger partial charge in [0.05, 0.1) is 10.6 Å². The fourth-order valence-corrected chi connectivity index (χ4v) is 3.34. The number of anilines is 2. The van der Waals surface area contributed by atoms with Crippen LogP contribution in [0.5, 0.6) is 0 Å². The van der Waals surface area contributed by atoms with Crippen molar-refractivity contribution in [3.05, 3.63) is 54.1 Å². The molecule has 2 aromatic carbocycles. The first kappa shape index (κ1) is 18.0. The number of carbonyl (C=O) groups is 1. The van der Waals surface area contributed by atoms with Gasteiger partial charge in [0.25, 0.3) is 10.0 Å². The molecule has 0 radical (unpaired) electrons. The molecule has 0 heterocycles. The van der Waals surface area contributed by atoms with Gasteiger partial charge in [-0.25, -0.2) is 8.42 Å². The summed E-state index contributed by atoms with van der Waals surface area (Å²) in [5, 5.41) is 2.62. The van der Waals surface area contributed by atoms with E-state index < -0.39 is 10.0 Å². The Hall–Kier alpha value is -2.34. The van der Waals surface area contributed by atoms with Gasteiger partial charge in [0, 0.05) is 12.6 Å². The SMILES string of the molecule is CCC(C)c1ccc(S(=O)(=O)Nc2cccc(NC(C)=O)c2)cc1. The molecule has 2 rings (SSSR count). The van der Waals surface area contributed by atoms with Gasteiger partial charge in [-0.3, -0.25) is 9.52 Å². The van der Waals surface area contributed by atoms with Crippen molar-refractivity contribution in [3.63, 3.8) is 0 Å². The smallest absolute Gasteiger partial charge is 0.261 e. The number of hydrogen-bond donors (Lipinski definition) is 2. The van der Waals surface area contributed by atoms with Crippen LogP contribution in [0.4, 0.5) is 11.4 Å². The zero-order chi connectivity index (χ0) is 17.7. The number of carbonyl (C=O) groups excluding carboxylic acids is 1. The van der Waals surface area contributed by atoms with E-state index in [0.717, 1.165) is 12.0 Å². The lowest BCUT2D eigenvalue weighted by atomic mass is 9.99. The highest BCUT2D eigenvalue weighted by Crippen LogP contribution is 2.23. The van der Waals surface area contributed by atoms with Gasteiger partial charge in [-0.1, -0.05) is 32.0 Å². The van der Waals surface area contributed by atoms with Crippen LogP contribution < -0.4 is 10.0 Å². The molecule has 1 amide bonds. The van der Waals surface area contributed by atoms with E-state index >= 15 is 0 Å². The Balaban J connectivity index is 2.20. The maximum absolute atomic E-state index is 12.5. The van der Waals surface area contributed by atoms with E-state index in [0.29, 0.717) is 17.3 Å². The van der Waals surface area contributed by atoms with Gasteiger partial charge in [-0.2, -0.15) is 0 Å². The molecule has 6 heteroatoms. The molecular formula is C18H22N2O3S. The summed E-state index contributed by atoms with van der Waals surface area (Å²) in [6.07, 6.45) is 1.00. The molecule has 5 nitrogen and oxygen atoms in total. The maximum atomic E-state index is 12.5. The highest BCUT2D eigenvalue weighted by atomic mass is 32.2. The van der Waals surface area contributed by atoms with Crippen LogP contribution >= 0.6 is 0 Å². The monoisotopic (exact) mass is 346 g/mol. The van der Waals surface area contributed by atoms with Crippen molar-refractivity contribution in [2.45, 2.75) is 38.0 Å². The van der Waals surface area contributed by atoms with Crippen molar-refractivity contribution in [1.82, 2.24) is 0 Å². The van der Waals surface area contributed by atoms with Crippen LogP contribution in [0.3, 0.4) is 0 Å². The predicted octanol–water partition coefficient (Wildman–Crippen LogP) is 3.96. The minimum absolute atomic E-state index is 0.208. The first-order chi connectivity index (χ1) is 11.3. The van der Waals surface area contributed by atoms with Crippen molar-refractivity contribution < 1.29 is 13.2 Å². The molecule has 0 aliphatic carbocycles. The molecule has 2 N–H and O–H groups in total. The Morgan fingerprint density at radius 2 is 1.71 bits per heavy atom. The van der Waals surface area contributed by atoms with Crippen molar-refractivity contribution in [2.75, 3.05) is 10.0 Å². The highest BCUT2D eigenvalue weighted by Gasteiger charge is 2.15. The fraction of sp³-hybridized carbons (Fsp3) is 0.278. The Bertz CT molecular complexity index is 814. The third kappa shape index (κ3) is 4.58. The molecule has 1 atom stereocenters. The topological polar surface area (TPSA) is 75.3 Å². The summed E-state index contributed by atoms with van der Waals surface area (Å²) in [7, 11) is -3.67. The summed E-state index contributed by atoms with van der Waals surface area (Å²) >= 11 is 0. The number of amides is 1. The molecular weight excluding hydrogens is 324 g/mol. The van der Waals surface area contributed by atoms with Crippen molar-refractivity contribution in [3.8, 4) is 0 Å². The second-order valence-corrected chi connectivity index (χ2v) is 7.43. The van der Waals surface area contributed by atoms with Crippen LogP contribution in [-0.4, -0.2) is 14.3 Å². The summed E-state index contributed by atoms with van der Waals surface area (Å²) in [4.78, 5) is 11.3. The van der Waals surface area contributed by atoms with Gasteiger partial charge in [0.1, 0.15) is 0 Å². The first-order valence-electron chi connectivity index (χ1n) is 7.82. The minimum atomic E-state index is -3.67. The van der Waals surface area contributed by atoms with E-state index in [1.165, 1.54) is 6.92 Å². The summed E-state index contributed by atoms with van der Waals surface area (Å²) in [6.45, 7) is 5.60. The van der Waals surface area contributed by atoms with Crippen LogP contribution in [0.25, 0.3) is 0 Å². The largest absolute Gasteiger partial charge is 0.326 e. The van der Waals surface area contributed by atoms with Crippen molar-refractivity contribution in [1.29, 1.82) is 0 Å². The summed E-state index contributed by atoms with van der Waals surface area (Å²) in [5.41, 5.74) is 2.05. The zero-order valence-electron chi connectivity index (χ0n) is 14.0. The lowest BCUT2D eigenvalue weighted by Crippen LogP contribution is -2.13. The Morgan fingerprint density at radius 1 is 1.08 bits per heavy atom. The van der Waals surface area contributed by atoms with E-state index in [2.05, 4.69) is 23.9 Å². The van der Waals surface area contributed by atoms with Crippen LogP contribution in [0.15, 0.2) is 53.4 Å². The van der Waals surface area contributed by atoms with Gasteiger partial charge in [0.15, 0.2) is 0 Å². The molecule has 128 valence electrons. The van der Waals surface area contributed by atoms with E-state index in [4.69, 9.17) is 0 Å². The molecule has 0 spiro atoms. The third-order valence-corrected chi connectivity index (χ3v) is 5.20. The number of hydrogen-bond acceptors (Lipinski definition) is 3. The van der Waals surface area contributed by atoms with Crippen LogP contribution in [0.2, 0.25) is 0 Å². The standard InChI is InChI=1S/C18H22N2O3S/c1-4-13(2)15-8-10-18(11-9-15)24(22,23)20-17-7-5-6-16(12-17)19-14(3)21/h5-13,20H,4H2,1-3H3,(H,19,21). The average molecular weight is 346 g/mol. The third-order valence-electron chi connectivity index (χ3n) is 3.81. The first-order valence-corrected chi connectivity index (χ1v) is 9.30. The van der Waals surface area contributed by atoms with Crippen LogP contribution in [-0.2, 0) is 14.8 Å². The quantitative estimate of drug-likeness (QED) is 0.831. The Kier molecular flexibility index (Phi) is 5.62. The van der Waals surface area contributed by atoms with E-state index in [1.54, 1.807) is 36.4 Å². The van der Waals surface area contributed by atoms with Crippen LogP contribution in [0.1, 0.15) is 38.7 Å². The lowest BCUT2D eigenvalue weighted by molar-refractivity contribution is -0.114. The highest BCUT2D eigenvalue weighted by molar-refractivity contribution is 7.92. The summed E-state index contributed by atoms with van der Waals surface area (Å²) in [5.74, 6) is 0.180. The van der Waals surface area contributed by atoms with Gasteiger partial charge in [-0.05, 0) is 48.2 Å². The normalized spacial score (nSPS) is 12.5. The van der Waals surface area contributed by atoms with E-state index in [9.17, 15) is 13.2 Å². The van der Waals surface area contributed by atoms with Gasteiger partial charge < -0.3 is 5.32 Å². The maximum Gasteiger partial charge on any atom is 0.261 e. The fourth-order valence-electron chi connectivity index (χ4n) is 2.29. The minimum Gasteiger partial charge on any atom is -0.326 e. The van der Waals surface area contributed by atoms with Gasteiger partial charge >= 0.3 is 0 Å². The molecule has 2 aromatic rings. The van der Waals surface area contributed by atoms with Crippen LogP contribution in [0, 0.1) is 0 Å². The molecule has 0 aromatic heterocycles. The zero-order valence-corrected chi connectivity index (χ0v) is 14.9. The predicted molar refractivity (Wildman–Crippen MR) is 96.7 cm³/mol. The van der Waals surface area contributed by atoms with Crippen molar-refractivity contribution in [2.24, 2.45) is 0 Å². The van der Waals surface area contributed by atoms with E-state index in [1.807, 2.05) is 12.1 Å². The Morgan fingerprint density at radius 3 is 2.29 bits per heavy atom. The van der Waals surface area contributed by atoms with E-state index in [-0.39, 0.29) is 10.8 Å².